The van der Waals surface area contributed by atoms with Crippen molar-refractivity contribution in [3.63, 3.8) is 0 Å². The molecule has 1 saturated heterocycles. The van der Waals surface area contributed by atoms with Gasteiger partial charge in [-0.25, -0.2) is 0 Å². The van der Waals surface area contributed by atoms with Crippen LogP contribution in [0.5, 0.6) is 5.75 Å². The summed E-state index contributed by atoms with van der Waals surface area (Å²) in [7, 11) is 1.52. The van der Waals surface area contributed by atoms with Crippen molar-refractivity contribution in [1.29, 1.82) is 0 Å². The molecule has 4 nitrogen and oxygen atoms in total. The molecule has 0 aliphatic carbocycles. The molecule has 0 aromatic heterocycles. The van der Waals surface area contributed by atoms with Crippen LogP contribution in [0.3, 0.4) is 0 Å². The Morgan fingerprint density at radius 3 is 2.65 bits per heavy atom. The van der Waals surface area contributed by atoms with Gasteiger partial charge in [-0.3, -0.25) is 4.79 Å². The SMILES string of the molecule is COc1cc(N)c(Cl)cc1C(=O)N1CCCC1. The van der Waals surface area contributed by atoms with Gasteiger partial charge in [-0.2, -0.15) is 0 Å². The van der Waals surface area contributed by atoms with Crippen LogP contribution in [0.2, 0.25) is 5.02 Å². The molecular formula is C12H15ClN2O2. The quantitative estimate of drug-likeness (QED) is 0.823. The molecule has 1 heterocycles. The van der Waals surface area contributed by atoms with Crippen LogP contribution in [-0.2, 0) is 0 Å². The van der Waals surface area contributed by atoms with Gasteiger partial charge in [0.05, 0.1) is 23.4 Å². The fourth-order valence-corrected chi connectivity index (χ4v) is 2.16. The van der Waals surface area contributed by atoms with Crippen molar-refractivity contribution in [2.24, 2.45) is 0 Å². The fraction of sp³-hybridized carbons (Fsp3) is 0.417. The van der Waals surface area contributed by atoms with Crippen molar-refractivity contribution in [3.05, 3.63) is 22.7 Å². The molecular weight excluding hydrogens is 240 g/mol. The minimum Gasteiger partial charge on any atom is -0.496 e. The molecule has 17 heavy (non-hydrogen) atoms. The standard InChI is InChI=1S/C12H15ClN2O2/c1-17-11-7-10(14)9(13)6-8(11)12(16)15-4-2-3-5-15/h6-7H,2-5,14H2,1H3. The van der Waals surface area contributed by atoms with E-state index in [0.717, 1.165) is 25.9 Å². The highest BCUT2D eigenvalue weighted by Gasteiger charge is 2.23. The van der Waals surface area contributed by atoms with Gasteiger partial charge in [0, 0.05) is 19.2 Å². The first kappa shape index (κ1) is 12.0. The van der Waals surface area contributed by atoms with Crippen molar-refractivity contribution in [2.75, 3.05) is 25.9 Å². The van der Waals surface area contributed by atoms with Gasteiger partial charge in [-0.15, -0.1) is 0 Å². The summed E-state index contributed by atoms with van der Waals surface area (Å²) in [6.45, 7) is 1.59. The number of anilines is 1. The van der Waals surface area contributed by atoms with Crippen LogP contribution < -0.4 is 10.5 Å². The highest BCUT2D eigenvalue weighted by molar-refractivity contribution is 6.33. The van der Waals surface area contributed by atoms with E-state index in [2.05, 4.69) is 0 Å². The molecule has 92 valence electrons. The molecule has 5 heteroatoms. The molecule has 1 amide bonds. The monoisotopic (exact) mass is 254 g/mol. The Morgan fingerprint density at radius 2 is 2.06 bits per heavy atom. The zero-order valence-electron chi connectivity index (χ0n) is 9.70. The molecule has 1 aromatic carbocycles. The number of rotatable bonds is 2. The maximum Gasteiger partial charge on any atom is 0.257 e. The Morgan fingerprint density at radius 1 is 1.41 bits per heavy atom. The van der Waals surface area contributed by atoms with Crippen molar-refractivity contribution < 1.29 is 9.53 Å². The van der Waals surface area contributed by atoms with Gasteiger partial charge >= 0.3 is 0 Å². The fourth-order valence-electron chi connectivity index (χ4n) is 2.00. The highest BCUT2D eigenvalue weighted by Crippen LogP contribution is 2.30. The number of nitrogens with two attached hydrogens (primary N) is 1. The minimum absolute atomic E-state index is 0.0405. The third kappa shape index (κ3) is 2.31. The largest absolute Gasteiger partial charge is 0.496 e. The van der Waals surface area contributed by atoms with Crippen LogP contribution in [-0.4, -0.2) is 31.0 Å². The van der Waals surface area contributed by atoms with Crippen LogP contribution in [0.4, 0.5) is 5.69 Å². The second-order valence-electron chi connectivity index (χ2n) is 4.07. The summed E-state index contributed by atoms with van der Waals surface area (Å²) in [6, 6.07) is 3.17. The summed E-state index contributed by atoms with van der Waals surface area (Å²) < 4.78 is 5.18. The normalized spacial score (nSPS) is 15.1. The summed E-state index contributed by atoms with van der Waals surface area (Å²) >= 11 is 5.94. The van der Waals surface area contributed by atoms with E-state index in [4.69, 9.17) is 22.1 Å². The van der Waals surface area contributed by atoms with E-state index in [1.54, 1.807) is 12.1 Å². The molecule has 1 aliphatic heterocycles. The Balaban J connectivity index is 2.36. The van der Waals surface area contributed by atoms with Gasteiger partial charge in [-0.05, 0) is 18.9 Å². The number of carbonyl (C=O) groups excluding carboxylic acids is 1. The second kappa shape index (κ2) is 4.84. The van der Waals surface area contributed by atoms with Crippen LogP contribution >= 0.6 is 11.6 Å². The van der Waals surface area contributed by atoms with Crippen LogP contribution in [0.15, 0.2) is 12.1 Å². The Hall–Kier alpha value is -1.42. The molecule has 0 unspecified atom stereocenters. The first-order valence-electron chi connectivity index (χ1n) is 5.55. The number of ether oxygens (including phenoxy) is 1. The molecule has 2 rings (SSSR count). The number of halogens is 1. The lowest BCUT2D eigenvalue weighted by atomic mass is 10.1. The van der Waals surface area contributed by atoms with E-state index in [0.29, 0.717) is 22.0 Å². The number of amides is 1. The second-order valence-corrected chi connectivity index (χ2v) is 4.48. The highest BCUT2D eigenvalue weighted by atomic mass is 35.5. The number of nitrogen functional groups attached to an aromatic ring is 1. The summed E-state index contributed by atoms with van der Waals surface area (Å²) in [5.74, 6) is 0.435. The average Bonchev–Trinajstić information content (AvgIpc) is 2.84. The van der Waals surface area contributed by atoms with E-state index in [1.165, 1.54) is 7.11 Å². The van der Waals surface area contributed by atoms with Gasteiger partial charge in [-0.1, -0.05) is 11.6 Å². The summed E-state index contributed by atoms with van der Waals surface area (Å²) in [4.78, 5) is 14.0. The number of likely N-dealkylation sites (tertiary alicyclic amines) is 1. The number of benzene rings is 1. The topological polar surface area (TPSA) is 55.6 Å². The van der Waals surface area contributed by atoms with Gasteiger partial charge in [0.15, 0.2) is 0 Å². The molecule has 0 atom stereocenters. The molecule has 0 spiro atoms. The van der Waals surface area contributed by atoms with E-state index in [1.807, 2.05) is 4.90 Å². The zero-order chi connectivity index (χ0) is 12.4. The maximum atomic E-state index is 12.2. The van der Waals surface area contributed by atoms with Crippen molar-refractivity contribution in [2.45, 2.75) is 12.8 Å². The molecule has 0 bridgehead atoms. The first-order chi connectivity index (χ1) is 8.13. The molecule has 0 radical (unpaired) electrons. The van der Waals surface area contributed by atoms with Gasteiger partial charge in [0.2, 0.25) is 0 Å². The number of hydrogen-bond acceptors (Lipinski definition) is 3. The van der Waals surface area contributed by atoms with Gasteiger partial charge in [0.1, 0.15) is 5.75 Å². The third-order valence-corrected chi connectivity index (χ3v) is 3.27. The lowest BCUT2D eigenvalue weighted by molar-refractivity contribution is 0.0789. The average molecular weight is 255 g/mol. The predicted molar refractivity (Wildman–Crippen MR) is 67.6 cm³/mol. The lowest BCUT2D eigenvalue weighted by Crippen LogP contribution is -2.28. The maximum absolute atomic E-state index is 12.2. The van der Waals surface area contributed by atoms with Crippen molar-refractivity contribution >= 4 is 23.2 Å². The minimum atomic E-state index is -0.0405. The number of nitrogens with zero attached hydrogens (tertiary/aromatic N) is 1. The van der Waals surface area contributed by atoms with Crippen LogP contribution in [0, 0.1) is 0 Å². The molecule has 1 aromatic rings. The van der Waals surface area contributed by atoms with E-state index < -0.39 is 0 Å². The summed E-state index contributed by atoms with van der Waals surface area (Å²) in [6.07, 6.45) is 2.10. The first-order valence-corrected chi connectivity index (χ1v) is 5.93. The van der Waals surface area contributed by atoms with E-state index in [9.17, 15) is 4.79 Å². The number of hydrogen-bond donors (Lipinski definition) is 1. The Bertz CT molecular complexity index is 442. The van der Waals surface area contributed by atoms with Crippen LogP contribution in [0.25, 0.3) is 0 Å². The van der Waals surface area contributed by atoms with Crippen LogP contribution in [0.1, 0.15) is 23.2 Å². The Labute approximate surface area is 105 Å². The van der Waals surface area contributed by atoms with Gasteiger partial charge < -0.3 is 15.4 Å². The number of carbonyl (C=O) groups is 1. The molecule has 1 aliphatic rings. The predicted octanol–water partition coefficient (Wildman–Crippen LogP) is 2.17. The summed E-state index contributed by atoms with van der Waals surface area (Å²) in [5, 5.41) is 0.383. The van der Waals surface area contributed by atoms with Crippen molar-refractivity contribution in [1.82, 2.24) is 4.90 Å². The molecule has 0 saturated carbocycles. The lowest BCUT2D eigenvalue weighted by Gasteiger charge is -2.17. The molecule has 2 N–H and O–H groups in total. The summed E-state index contributed by atoms with van der Waals surface area (Å²) in [5.41, 5.74) is 6.58. The van der Waals surface area contributed by atoms with Gasteiger partial charge in [0.25, 0.3) is 5.91 Å². The molecule has 1 fully saturated rings. The van der Waals surface area contributed by atoms with E-state index in [-0.39, 0.29) is 5.91 Å². The zero-order valence-corrected chi connectivity index (χ0v) is 10.5. The Kier molecular flexibility index (Phi) is 3.43. The smallest absolute Gasteiger partial charge is 0.257 e. The number of methoxy groups -OCH3 is 1. The van der Waals surface area contributed by atoms with E-state index >= 15 is 0 Å². The third-order valence-electron chi connectivity index (χ3n) is 2.94. The van der Waals surface area contributed by atoms with Crippen molar-refractivity contribution in [3.8, 4) is 5.75 Å².